The Labute approximate surface area is 234 Å². The molecule has 0 radical (unpaired) electrons. The molecule has 3 fully saturated rings. The average molecular weight is 544 g/mol. The molecule has 2 bridgehead atoms. The smallest absolute Gasteiger partial charge is 0.318 e. The van der Waals surface area contributed by atoms with Gasteiger partial charge in [-0.2, -0.15) is 15.2 Å². The summed E-state index contributed by atoms with van der Waals surface area (Å²) in [6.45, 7) is 4.88. The molecule has 1 N–H and O–H groups in total. The van der Waals surface area contributed by atoms with Crippen LogP contribution in [0.1, 0.15) is 30.5 Å². The van der Waals surface area contributed by atoms with Crippen molar-refractivity contribution in [2.45, 2.75) is 50.4 Å². The van der Waals surface area contributed by atoms with Gasteiger partial charge in [-0.1, -0.05) is 35.9 Å². The molecule has 8 nitrogen and oxygen atoms in total. The van der Waals surface area contributed by atoms with E-state index in [4.69, 9.17) is 26.3 Å². The molecule has 4 aliphatic heterocycles. The maximum atomic E-state index is 9.66. The summed E-state index contributed by atoms with van der Waals surface area (Å²) in [6, 6.07) is 16.3. The van der Waals surface area contributed by atoms with Gasteiger partial charge in [0.2, 0.25) is 0 Å². The Morgan fingerprint density at radius 2 is 2.00 bits per heavy atom. The van der Waals surface area contributed by atoms with Crippen LogP contribution < -0.4 is 19.9 Å². The minimum atomic E-state index is 0.0536. The molecule has 202 valence electrons. The number of hydrogen-bond acceptors (Lipinski definition) is 8. The largest absolute Gasteiger partial charge is 0.462 e. The highest BCUT2D eigenvalue weighted by molar-refractivity contribution is 6.36. The number of benzene rings is 2. The highest BCUT2D eigenvalue weighted by Gasteiger charge is 2.41. The number of aromatic nitrogens is 2. The van der Waals surface area contributed by atoms with E-state index in [-0.39, 0.29) is 12.0 Å². The number of rotatable bonds is 5. The van der Waals surface area contributed by atoms with Gasteiger partial charge in [0.25, 0.3) is 0 Å². The van der Waals surface area contributed by atoms with Gasteiger partial charge in [0, 0.05) is 54.4 Å². The highest BCUT2D eigenvalue weighted by Crippen LogP contribution is 2.38. The lowest BCUT2D eigenvalue weighted by atomic mass is 10.0. The van der Waals surface area contributed by atoms with E-state index in [9.17, 15) is 5.26 Å². The van der Waals surface area contributed by atoms with Crippen LogP contribution in [0.3, 0.4) is 0 Å². The molecule has 0 saturated carbocycles. The molecule has 7 rings (SSSR count). The highest BCUT2D eigenvalue weighted by atomic mass is 35.5. The molecule has 39 heavy (non-hydrogen) atoms. The van der Waals surface area contributed by atoms with Gasteiger partial charge < -0.3 is 24.8 Å². The fraction of sp³-hybridized carbons (Fsp3) is 0.500. The van der Waals surface area contributed by atoms with Gasteiger partial charge in [-0.3, -0.25) is 0 Å². The quantitative estimate of drug-likeness (QED) is 0.517. The molecule has 4 atom stereocenters. The van der Waals surface area contributed by atoms with Crippen LogP contribution in [0.4, 0.5) is 11.5 Å². The Morgan fingerprint density at radius 1 is 1.13 bits per heavy atom. The van der Waals surface area contributed by atoms with Gasteiger partial charge >= 0.3 is 6.01 Å². The number of fused-ring (bicyclic) bond motifs is 4. The molecule has 0 aliphatic carbocycles. The summed E-state index contributed by atoms with van der Waals surface area (Å²) in [5, 5.41) is 16.3. The molecule has 3 aromatic rings. The number of piperazine rings is 1. The van der Waals surface area contributed by atoms with Crippen molar-refractivity contribution in [3.8, 4) is 12.1 Å². The maximum absolute atomic E-state index is 9.66. The molecule has 3 unspecified atom stereocenters. The van der Waals surface area contributed by atoms with Crippen LogP contribution in [-0.2, 0) is 13.0 Å². The third-order valence-corrected chi connectivity index (χ3v) is 9.38. The van der Waals surface area contributed by atoms with E-state index in [0.29, 0.717) is 31.2 Å². The second kappa shape index (κ2) is 10.1. The fourth-order valence-corrected chi connectivity index (χ4v) is 7.26. The summed E-state index contributed by atoms with van der Waals surface area (Å²) < 4.78 is 6.30. The van der Waals surface area contributed by atoms with Crippen molar-refractivity contribution in [2.75, 3.05) is 49.6 Å². The standard InChI is InChI=1S/C30H34ClN7O/c1-36-11-4-7-22(36)18-39-30-34-26-17-37(27-9-3-6-19-5-2-8-24(31)28(19)27)12-10-23(26)29(35-30)38-15-21-13-20(14-32)25(16-38)33-21/h2-3,5-6,8-9,20-22,25,33H,4,7,10-13,15-18H2,1H3/t20?,21?,22-,25?/m0/s1. The van der Waals surface area contributed by atoms with Crippen LogP contribution in [0.25, 0.3) is 10.8 Å². The number of nitriles is 1. The Kier molecular flexibility index (Phi) is 6.46. The van der Waals surface area contributed by atoms with Gasteiger partial charge in [-0.05, 0) is 56.8 Å². The van der Waals surface area contributed by atoms with Gasteiger partial charge in [0.1, 0.15) is 12.4 Å². The second-order valence-corrected chi connectivity index (χ2v) is 11.9. The topological polar surface area (TPSA) is 80.5 Å². The summed E-state index contributed by atoms with van der Waals surface area (Å²) >= 11 is 6.69. The van der Waals surface area contributed by atoms with Crippen molar-refractivity contribution in [2.24, 2.45) is 5.92 Å². The second-order valence-electron chi connectivity index (χ2n) is 11.5. The SMILES string of the molecule is CN1CCC[C@H]1COc1nc2c(c(N3CC4CC(C#N)C(C3)N4)n1)CCN(c1cccc3cccc(Cl)c13)C2. The summed E-state index contributed by atoms with van der Waals surface area (Å²) in [5.74, 6) is 1.04. The molecule has 3 saturated heterocycles. The molecular formula is C30H34ClN7O. The predicted octanol–water partition coefficient (Wildman–Crippen LogP) is 4.01. The van der Waals surface area contributed by atoms with E-state index in [1.165, 1.54) is 12.0 Å². The number of ether oxygens (including phenoxy) is 1. The van der Waals surface area contributed by atoms with Gasteiger partial charge in [-0.25, -0.2) is 0 Å². The lowest BCUT2D eigenvalue weighted by Gasteiger charge is -2.37. The van der Waals surface area contributed by atoms with Crippen LogP contribution in [0, 0.1) is 17.2 Å². The molecule has 0 amide bonds. The Balaban J connectivity index is 1.23. The van der Waals surface area contributed by atoms with Gasteiger partial charge in [0.15, 0.2) is 0 Å². The maximum Gasteiger partial charge on any atom is 0.318 e. The number of likely N-dealkylation sites (tertiary alicyclic amines) is 1. The number of halogens is 1. The summed E-state index contributed by atoms with van der Waals surface area (Å²) in [7, 11) is 2.16. The normalized spacial score (nSPS) is 26.6. The number of anilines is 2. The van der Waals surface area contributed by atoms with E-state index in [2.05, 4.69) is 57.4 Å². The van der Waals surface area contributed by atoms with Crippen LogP contribution in [0.15, 0.2) is 36.4 Å². The predicted molar refractivity (Wildman–Crippen MR) is 154 cm³/mol. The average Bonchev–Trinajstić information content (AvgIpc) is 3.50. The summed E-state index contributed by atoms with van der Waals surface area (Å²) in [6.07, 6.45) is 4.09. The lowest BCUT2D eigenvalue weighted by molar-refractivity contribution is 0.187. The zero-order valence-electron chi connectivity index (χ0n) is 22.3. The van der Waals surface area contributed by atoms with Gasteiger partial charge in [-0.15, -0.1) is 0 Å². The molecule has 9 heteroatoms. The summed E-state index contributed by atoms with van der Waals surface area (Å²) in [5.41, 5.74) is 3.36. The van der Waals surface area contributed by atoms with E-state index in [1.807, 2.05) is 12.1 Å². The molecule has 4 aliphatic rings. The van der Waals surface area contributed by atoms with E-state index in [0.717, 1.165) is 78.4 Å². The minimum Gasteiger partial charge on any atom is -0.462 e. The fourth-order valence-electron chi connectivity index (χ4n) is 6.98. The van der Waals surface area contributed by atoms with Crippen molar-refractivity contribution in [3.05, 3.63) is 52.7 Å². The molecule has 1 aromatic heterocycles. The number of likely N-dealkylation sites (N-methyl/N-ethyl adjacent to an activating group) is 1. The van der Waals surface area contributed by atoms with Crippen molar-refractivity contribution >= 4 is 33.9 Å². The first-order chi connectivity index (χ1) is 19.1. The minimum absolute atomic E-state index is 0.0536. The third kappa shape index (κ3) is 4.57. The van der Waals surface area contributed by atoms with Crippen molar-refractivity contribution in [1.82, 2.24) is 20.2 Å². The van der Waals surface area contributed by atoms with E-state index >= 15 is 0 Å². The van der Waals surface area contributed by atoms with Gasteiger partial charge in [0.05, 0.1) is 29.2 Å². The van der Waals surface area contributed by atoms with Crippen molar-refractivity contribution in [1.29, 1.82) is 5.26 Å². The van der Waals surface area contributed by atoms with Crippen LogP contribution >= 0.6 is 11.6 Å². The first kappa shape index (κ1) is 24.9. The van der Waals surface area contributed by atoms with Crippen molar-refractivity contribution < 1.29 is 4.74 Å². The Morgan fingerprint density at radius 3 is 2.82 bits per heavy atom. The first-order valence-corrected chi connectivity index (χ1v) is 14.5. The molecular weight excluding hydrogens is 510 g/mol. The van der Waals surface area contributed by atoms with Crippen LogP contribution in [0.5, 0.6) is 6.01 Å². The first-order valence-electron chi connectivity index (χ1n) is 14.1. The number of nitrogens with zero attached hydrogens (tertiary/aromatic N) is 6. The molecule has 2 aromatic carbocycles. The molecule has 5 heterocycles. The van der Waals surface area contributed by atoms with Crippen LogP contribution in [-0.4, -0.2) is 72.8 Å². The van der Waals surface area contributed by atoms with E-state index < -0.39 is 0 Å². The monoisotopic (exact) mass is 543 g/mol. The Hall–Kier alpha value is -3.12. The zero-order chi connectivity index (χ0) is 26.5. The lowest BCUT2D eigenvalue weighted by Crippen LogP contribution is -2.53. The Bertz CT molecular complexity index is 1440. The summed E-state index contributed by atoms with van der Waals surface area (Å²) in [4.78, 5) is 17.1. The third-order valence-electron chi connectivity index (χ3n) is 9.07. The zero-order valence-corrected chi connectivity index (χ0v) is 23.1. The van der Waals surface area contributed by atoms with E-state index in [1.54, 1.807) is 0 Å². The van der Waals surface area contributed by atoms with Crippen molar-refractivity contribution in [3.63, 3.8) is 0 Å². The van der Waals surface area contributed by atoms with Crippen LogP contribution in [0.2, 0.25) is 5.02 Å². The molecule has 0 spiro atoms. The number of hydrogen-bond donors (Lipinski definition) is 1. The number of nitrogens with one attached hydrogen (secondary N) is 1.